The number of rotatable bonds is 1. The zero-order valence-electron chi connectivity index (χ0n) is 11.2. The van der Waals surface area contributed by atoms with E-state index in [1.54, 1.807) is 0 Å². The number of piperazine rings is 1. The van der Waals surface area contributed by atoms with Gasteiger partial charge in [-0.05, 0) is 26.0 Å². The first-order chi connectivity index (χ1) is 8.65. The molecule has 2 heterocycles. The molecular weight excluding hydrogens is 224 g/mol. The largest absolute Gasteiger partial charge is 0.339 e. The summed E-state index contributed by atoms with van der Waals surface area (Å²) < 4.78 is 2.19. The molecule has 2 aromatic rings. The second-order valence-electron chi connectivity index (χ2n) is 5.33. The maximum atomic E-state index is 4.77. The van der Waals surface area contributed by atoms with Crippen molar-refractivity contribution in [2.45, 2.75) is 25.9 Å². The molecule has 2 unspecified atom stereocenters. The number of anilines is 1. The van der Waals surface area contributed by atoms with E-state index in [9.17, 15) is 0 Å². The van der Waals surface area contributed by atoms with Gasteiger partial charge in [-0.2, -0.15) is 0 Å². The number of nitrogens with one attached hydrogen (secondary N) is 1. The summed E-state index contributed by atoms with van der Waals surface area (Å²) in [5.74, 6) is 1.08. The molecule has 0 spiro atoms. The number of aryl methyl sites for hydroxylation is 1. The summed E-state index contributed by atoms with van der Waals surface area (Å²) in [6.07, 6.45) is 0. The molecule has 0 saturated carbocycles. The number of aromatic nitrogens is 2. The summed E-state index contributed by atoms with van der Waals surface area (Å²) in [6, 6.07) is 9.33. The van der Waals surface area contributed by atoms with Gasteiger partial charge in [0.05, 0.1) is 11.0 Å². The molecule has 1 aliphatic rings. The summed E-state index contributed by atoms with van der Waals surface area (Å²) in [5.41, 5.74) is 2.28. The highest BCUT2D eigenvalue weighted by Crippen LogP contribution is 2.22. The number of imidazole rings is 1. The first-order valence-electron chi connectivity index (χ1n) is 6.57. The standard InChI is InChI=1S/C14H20N4/c1-10-8-18(9-11(2)15-10)14-16-12-6-4-5-7-13(12)17(14)3/h4-7,10-11,15H,8-9H2,1-3H3. The van der Waals surface area contributed by atoms with Gasteiger partial charge in [0.25, 0.3) is 0 Å². The van der Waals surface area contributed by atoms with Crippen LogP contribution in [-0.4, -0.2) is 34.7 Å². The van der Waals surface area contributed by atoms with E-state index < -0.39 is 0 Å². The van der Waals surface area contributed by atoms with Crippen molar-refractivity contribution in [1.82, 2.24) is 14.9 Å². The maximum absolute atomic E-state index is 4.77. The molecule has 18 heavy (non-hydrogen) atoms. The number of hydrogen-bond donors (Lipinski definition) is 1. The van der Waals surface area contributed by atoms with Crippen LogP contribution in [-0.2, 0) is 7.05 Å². The molecule has 0 bridgehead atoms. The minimum absolute atomic E-state index is 0.508. The van der Waals surface area contributed by atoms with E-state index >= 15 is 0 Å². The van der Waals surface area contributed by atoms with Crippen LogP contribution in [0.15, 0.2) is 24.3 Å². The number of fused-ring (bicyclic) bond motifs is 1. The molecule has 1 aliphatic heterocycles. The first-order valence-corrected chi connectivity index (χ1v) is 6.57. The zero-order chi connectivity index (χ0) is 12.7. The Morgan fingerprint density at radius 3 is 2.50 bits per heavy atom. The fourth-order valence-corrected chi connectivity index (χ4v) is 2.91. The van der Waals surface area contributed by atoms with Crippen molar-refractivity contribution in [3.05, 3.63) is 24.3 Å². The normalized spacial score (nSPS) is 24.7. The maximum Gasteiger partial charge on any atom is 0.206 e. The van der Waals surface area contributed by atoms with E-state index in [1.165, 1.54) is 5.52 Å². The van der Waals surface area contributed by atoms with E-state index in [1.807, 2.05) is 6.07 Å². The summed E-state index contributed by atoms with van der Waals surface area (Å²) in [4.78, 5) is 7.15. The first kappa shape index (κ1) is 11.5. The average molecular weight is 244 g/mol. The molecule has 2 atom stereocenters. The third-order valence-corrected chi connectivity index (χ3v) is 3.60. The van der Waals surface area contributed by atoms with Gasteiger partial charge >= 0.3 is 0 Å². The predicted molar refractivity (Wildman–Crippen MR) is 75.0 cm³/mol. The number of para-hydroxylation sites is 2. The highest BCUT2D eigenvalue weighted by molar-refractivity contribution is 5.78. The van der Waals surface area contributed by atoms with Gasteiger partial charge in [0.2, 0.25) is 5.95 Å². The van der Waals surface area contributed by atoms with Crippen LogP contribution in [0.2, 0.25) is 0 Å². The molecule has 0 radical (unpaired) electrons. The number of nitrogens with zero attached hydrogens (tertiary/aromatic N) is 3. The van der Waals surface area contributed by atoms with Gasteiger partial charge in [-0.1, -0.05) is 12.1 Å². The molecule has 1 aromatic heterocycles. The number of benzene rings is 1. The minimum atomic E-state index is 0.508. The van der Waals surface area contributed by atoms with E-state index in [0.29, 0.717) is 12.1 Å². The van der Waals surface area contributed by atoms with Gasteiger partial charge in [-0.25, -0.2) is 4.98 Å². The molecule has 4 heteroatoms. The lowest BCUT2D eigenvalue weighted by atomic mass is 10.1. The average Bonchev–Trinajstić information content (AvgIpc) is 2.66. The second kappa shape index (κ2) is 4.28. The lowest BCUT2D eigenvalue weighted by Crippen LogP contribution is -2.54. The van der Waals surface area contributed by atoms with Crippen molar-refractivity contribution < 1.29 is 0 Å². The van der Waals surface area contributed by atoms with Crippen LogP contribution in [0.5, 0.6) is 0 Å². The van der Waals surface area contributed by atoms with Crippen molar-refractivity contribution in [2.75, 3.05) is 18.0 Å². The van der Waals surface area contributed by atoms with Crippen molar-refractivity contribution in [3.8, 4) is 0 Å². The van der Waals surface area contributed by atoms with Crippen LogP contribution in [0.1, 0.15) is 13.8 Å². The molecule has 1 aromatic carbocycles. The van der Waals surface area contributed by atoms with Crippen LogP contribution in [0.3, 0.4) is 0 Å². The van der Waals surface area contributed by atoms with Gasteiger partial charge in [-0.3, -0.25) is 0 Å². The number of hydrogen-bond acceptors (Lipinski definition) is 3. The summed E-state index contributed by atoms with van der Waals surface area (Å²) >= 11 is 0. The molecule has 0 amide bonds. The SMILES string of the molecule is CC1CN(c2nc3ccccc3n2C)CC(C)N1. The highest BCUT2D eigenvalue weighted by Gasteiger charge is 2.24. The summed E-state index contributed by atoms with van der Waals surface area (Å²) in [6.45, 7) is 6.49. The van der Waals surface area contributed by atoms with Gasteiger partial charge in [-0.15, -0.1) is 0 Å². The Kier molecular flexibility index (Phi) is 2.74. The Hall–Kier alpha value is -1.55. The Labute approximate surface area is 108 Å². The third kappa shape index (κ3) is 1.86. The van der Waals surface area contributed by atoms with Crippen LogP contribution in [0, 0.1) is 0 Å². The molecule has 1 N–H and O–H groups in total. The van der Waals surface area contributed by atoms with E-state index in [4.69, 9.17) is 4.98 Å². The Bertz CT molecular complexity index is 550. The van der Waals surface area contributed by atoms with Crippen LogP contribution in [0.4, 0.5) is 5.95 Å². The molecular formula is C14H20N4. The van der Waals surface area contributed by atoms with Gasteiger partial charge in [0.1, 0.15) is 0 Å². The minimum Gasteiger partial charge on any atom is -0.339 e. The third-order valence-electron chi connectivity index (χ3n) is 3.60. The lowest BCUT2D eigenvalue weighted by Gasteiger charge is -2.36. The second-order valence-corrected chi connectivity index (χ2v) is 5.33. The van der Waals surface area contributed by atoms with Crippen molar-refractivity contribution >= 4 is 17.0 Å². The van der Waals surface area contributed by atoms with Crippen LogP contribution in [0.25, 0.3) is 11.0 Å². The van der Waals surface area contributed by atoms with Crippen molar-refractivity contribution in [1.29, 1.82) is 0 Å². The Morgan fingerprint density at radius 1 is 1.17 bits per heavy atom. The molecule has 1 saturated heterocycles. The predicted octanol–water partition coefficient (Wildman–Crippen LogP) is 1.76. The van der Waals surface area contributed by atoms with Gasteiger partial charge < -0.3 is 14.8 Å². The van der Waals surface area contributed by atoms with Gasteiger partial charge in [0.15, 0.2) is 0 Å². The molecule has 1 fully saturated rings. The molecule has 96 valence electrons. The monoisotopic (exact) mass is 244 g/mol. The smallest absolute Gasteiger partial charge is 0.206 e. The lowest BCUT2D eigenvalue weighted by molar-refractivity contribution is 0.402. The Balaban J connectivity index is 2.01. The molecule has 0 aliphatic carbocycles. The van der Waals surface area contributed by atoms with Gasteiger partial charge in [0, 0.05) is 32.2 Å². The quantitative estimate of drug-likeness (QED) is 0.830. The Morgan fingerprint density at radius 2 is 1.83 bits per heavy atom. The van der Waals surface area contributed by atoms with Crippen LogP contribution >= 0.6 is 0 Å². The van der Waals surface area contributed by atoms with Crippen molar-refractivity contribution in [3.63, 3.8) is 0 Å². The van der Waals surface area contributed by atoms with E-state index in [0.717, 1.165) is 24.6 Å². The fraction of sp³-hybridized carbons (Fsp3) is 0.500. The van der Waals surface area contributed by atoms with Crippen LogP contribution < -0.4 is 10.2 Å². The topological polar surface area (TPSA) is 33.1 Å². The zero-order valence-corrected chi connectivity index (χ0v) is 11.2. The van der Waals surface area contributed by atoms with E-state index in [2.05, 4.69) is 53.9 Å². The van der Waals surface area contributed by atoms with E-state index in [-0.39, 0.29) is 0 Å². The molecule has 3 rings (SSSR count). The summed E-state index contributed by atoms with van der Waals surface area (Å²) in [5, 5.41) is 3.55. The highest BCUT2D eigenvalue weighted by atomic mass is 15.3. The summed E-state index contributed by atoms with van der Waals surface area (Å²) in [7, 11) is 2.10. The van der Waals surface area contributed by atoms with Crippen molar-refractivity contribution in [2.24, 2.45) is 7.05 Å². The fourth-order valence-electron chi connectivity index (χ4n) is 2.91. The molecule has 4 nitrogen and oxygen atoms in total.